The van der Waals surface area contributed by atoms with Crippen molar-refractivity contribution >= 4 is 38.6 Å². The molecule has 0 aromatic carbocycles. The Hall–Kier alpha value is -0.730. The maximum absolute atomic E-state index is 10.0. The van der Waals surface area contributed by atoms with E-state index in [4.69, 9.17) is 16.3 Å². The monoisotopic (exact) mass is 347 g/mol. The lowest BCUT2D eigenvalue weighted by atomic mass is 10.1. The van der Waals surface area contributed by atoms with Gasteiger partial charge in [-0.15, -0.1) is 0 Å². The Morgan fingerprint density at radius 1 is 1.37 bits per heavy atom. The SMILES string of the molecule is CC1OC(n2cc(Br)c3c(Cl)ncnc32)C(O)C1O. The Bertz CT molecular complexity index is 635. The van der Waals surface area contributed by atoms with E-state index in [9.17, 15) is 10.2 Å². The van der Waals surface area contributed by atoms with Crippen LogP contribution in [0.3, 0.4) is 0 Å². The summed E-state index contributed by atoms with van der Waals surface area (Å²) < 4.78 is 7.92. The average molecular weight is 349 g/mol. The molecule has 1 aliphatic heterocycles. The normalized spacial score (nSPS) is 31.2. The zero-order valence-corrected chi connectivity index (χ0v) is 12.2. The van der Waals surface area contributed by atoms with Crippen LogP contribution in [0, 0.1) is 0 Å². The van der Waals surface area contributed by atoms with E-state index < -0.39 is 24.5 Å². The van der Waals surface area contributed by atoms with Gasteiger partial charge in [0.2, 0.25) is 0 Å². The molecule has 0 radical (unpaired) electrons. The topological polar surface area (TPSA) is 80.4 Å². The number of hydrogen-bond donors (Lipinski definition) is 2. The largest absolute Gasteiger partial charge is 0.388 e. The highest BCUT2D eigenvalue weighted by atomic mass is 79.9. The Kier molecular flexibility index (Phi) is 3.26. The molecule has 3 heterocycles. The van der Waals surface area contributed by atoms with Crippen LogP contribution in [-0.4, -0.2) is 43.1 Å². The average Bonchev–Trinajstić information content (AvgIpc) is 2.83. The van der Waals surface area contributed by atoms with Gasteiger partial charge in [-0.05, 0) is 22.9 Å². The van der Waals surface area contributed by atoms with Crippen molar-refractivity contribution in [2.24, 2.45) is 0 Å². The standard InChI is InChI=1S/C11H11BrClN3O3/c1-4-7(17)8(18)11(19-4)16-2-5(12)6-9(13)14-3-15-10(6)16/h2-4,7-8,11,17-18H,1H3. The fourth-order valence-electron chi connectivity index (χ4n) is 2.26. The van der Waals surface area contributed by atoms with Gasteiger partial charge in [0.1, 0.15) is 29.3 Å². The second-order valence-corrected chi connectivity index (χ2v) is 5.67. The molecule has 3 rings (SSSR count). The molecule has 0 amide bonds. The van der Waals surface area contributed by atoms with Crippen LogP contribution in [0.4, 0.5) is 0 Å². The van der Waals surface area contributed by atoms with Gasteiger partial charge >= 0.3 is 0 Å². The van der Waals surface area contributed by atoms with Gasteiger partial charge in [-0.2, -0.15) is 0 Å². The van der Waals surface area contributed by atoms with Crippen molar-refractivity contribution in [3.05, 3.63) is 22.1 Å². The summed E-state index contributed by atoms with van der Waals surface area (Å²) in [7, 11) is 0. The first-order valence-corrected chi connectivity index (χ1v) is 6.86. The summed E-state index contributed by atoms with van der Waals surface area (Å²) >= 11 is 9.41. The molecule has 19 heavy (non-hydrogen) atoms. The molecule has 6 nitrogen and oxygen atoms in total. The van der Waals surface area contributed by atoms with E-state index in [2.05, 4.69) is 25.9 Å². The zero-order valence-electron chi connectivity index (χ0n) is 9.86. The highest BCUT2D eigenvalue weighted by molar-refractivity contribution is 9.10. The molecule has 2 aromatic heterocycles. The van der Waals surface area contributed by atoms with Gasteiger partial charge in [-0.3, -0.25) is 0 Å². The molecule has 2 aromatic rings. The Labute approximate surface area is 122 Å². The first kappa shape index (κ1) is 13.3. The van der Waals surface area contributed by atoms with Crippen LogP contribution in [0.15, 0.2) is 17.0 Å². The third-order valence-corrected chi connectivity index (χ3v) is 4.16. The quantitative estimate of drug-likeness (QED) is 0.763. The molecule has 4 atom stereocenters. The second kappa shape index (κ2) is 4.68. The molecule has 0 saturated carbocycles. The van der Waals surface area contributed by atoms with Crippen LogP contribution < -0.4 is 0 Å². The van der Waals surface area contributed by atoms with Crippen LogP contribution in [0.25, 0.3) is 11.0 Å². The maximum Gasteiger partial charge on any atom is 0.164 e. The van der Waals surface area contributed by atoms with Crippen molar-refractivity contribution in [3.63, 3.8) is 0 Å². The van der Waals surface area contributed by atoms with Gasteiger partial charge in [0, 0.05) is 10.7 Å². The van der Waals surface area contributed by atoms with E-state index in [1.807, 2.05) is 0 Å². The Balaban J connectivity index is 2.14. The molecular weight excluding hydrogens is 337 g/mol. The van der Waals surface area contributed by atoms with Crippen LogP contribution in [0.5, 0.6) is 0 Å². The number of hydrogen-bond acceptors (Lipinski definition) is 5. The smallest absolute Gasteiger partial charge is 0.164 e. The van der Waals surface area contributed by atoms with Crippen molar-refractivity contribution < 1.29 is 14.9 Å². The predicted molar refractivity (Wildman–Crippen MR) is 71.8 cm³/mol. The minimum Gasteiger partial charge on any atom is -0.388 e. The van der Waals surface area contributed by atoms with E-state index in [0.717, 1.165) is 0 Å². The fraction of sp³-hybridized carbons (Fsp3) is 0.455. The number of aliphatic hydroxyl groups excluding tert-OH is 2. The summed E-state index contributed by atoms with van der Waals surface area (Å²) in [5.41, 5.74) is 0.539. The van der Waals surface area contributed by atoms with Gasteiger partial charge in [0.05, 0.1) is 11.5 Å². The molecule has 1 aliphatic rings. The summed E-state index contributed by atoms with van der Waals surface area (Å²) in [6.07, 6.45) is -0.0540. The molecule has 8 heteroatoms. The fourth-order valence-corrected chi connectivity index (χ4v) is 3.19. The molecule has 0 bridgehead atoms. The maximum atomic E-state index is 10.0. The van der Waals surface area contributed by atoms with Crippen LogP contribution in [-0.2, 0) is 4.74 Å². The van der Waals surface area contributed by atoms with Gasteiger partial charge < -0.3 is 19.5 Å². The lowest BCUT2D eigenvalue weighted by molar-refractivity contribution is -0.0297. The first-order valence-electron chi connectivity index (χ1n) is 5.69. The molecule has 1 saturated heterocycles. The highest BCUT2D eigenvalue weighted by Gasteiger charge is 2.42. The minimum absolute atomic E-state index is 0.316. The highest BCUT2D eigenvalue weighted by Crippen LogP contribution is 2.36. The number of halogens is 2. The van der Waals surface area contributed by atoms with Crippen LogP contribution in [0.2, 0.25) is 5.15 Å². The molecule has 4 unspecified atom stereocenters. The van der Waals surface area contributed by atoms with E-state index in [0.29, 0.717) is 20.7 Å². The molecule has 0 spiro atoms. The van der Waals surface area contributed by atoms with Crippen molar-refractivity contribution in [3.8, 4) is 0 Å². The number of aliphatic hydroxyl groups is 2. The summed E-state index contributed by atoms with van der Waals surface area (Å²) in [6.45, 7) is 1.70. The third-order valence-electron chi connectivity index (χ3n) is 3.27. The summed E-state index contributed by atoms with van der Waals surface area (Å²) in [5, 5.41) is 20.8. The Morgan fingerprint density at radius 3 is 2.74 bits per heavy atom. The first-order chi connectivity index (χ1) is 9.00. The van der Waals surface area contributed by atoms with E-state index in [1.54, 1.807) is 17.7 Å². The van der Waals surface area contributed by atoms with E-state index >= 15 is 0 Å². The number of ether oxygens (including phenoxy) is 1. The molecular formula is C11H11BrClN3O3. The minimum atomic E-state index is -1.02. The molecule has 1 fully saturated rings. The molecule has 0 aliphatic carbocycles. The van der Waals surface area contributed by atoms with E-state index in [1.165, 1.54) is 6.33 Å². The summed E-state index contributed by atoms with van der Waals surface area (Å²) in [6, 6.07) is 0. The van der Waals surface area contributed by atoms with Crippen LogP contribution >= 0.6 is 27.5 Å². The van der Waals surface area contributed by atoms with Crippen molar-refractivity contribution in [1.29, 1.82) is 0 Å². The van der Waals surface area contributed by atoms with Gasteiger partial charge in [-0.1, -0.05) is 11.6 Å². The van der Waals surface area contributed by atoms with Gasteiger partial charge in [-0.25, -0.2) is 9.97 Å². The zero-order chi connectivity index (χ0) is 13.7. The van der Waals surface area contributed by atoms with Crippen molar-refractivity contribution in [2.45, 2.75) is 31.5 Å². The van der Waals surface area contributed by atoms with Crippen molar-refractivity contribution in [2.75, 3.05) is 0 Å². The van der Waals surface area contributed by atoms with E-state index in [-0.39, 0.29) is 0 Å². The second-order valence-electron chi connectivity index (χ2n) is 4.46. The number of nitrogens with zero attached hydrogens (tertiary/aromatic N) is 3. The van der Waals surface area contributed by atoms with Crippen molar-refractivity contribution in [1.82, 2.24) is 14.5 Å². The molecule has 2 N–H and O–H groups in total. The van der Waals surface area contributed by atoms with Gasteiger partial charge in [0.25, 0.3) is 0 Å². The number of fused-ring (bicyclic) bond motifs is 1. The van der Waals surface area contributed by atoms with Gasteiger partial charge in [0.15, 0.2) is 6.23 Å². The molecule has 102 valence electrons. The summed E-state index contributed by atoms with van der Waals surface area (Å²) in [4.78, 5) is 8.07. The summed E-state index contributed by atoms with van der Waals surface area (Å²) in [5.74, 6) is 0. The lowest BCUT2D eigenvalue weighted by Gasteiger charge is -2.17. The third kappa shape index (κ3) is 1.96. The lowest BCUT2D eigenvalue weighted by Crippen LogP contribution is -2.30. The Morgan fingerprint density at radius 2 is 2.11 bits per heavy atom. The number of rotatable bonds is 1. The van der Waals surface area contributed by atoms with Crippen LogP contribution in [0.1, 0.15) is 13.2 Å². The predicted octanol–water partition coefficient (Wildman–Crippen LogP) is 1.49. The number of aromatic nitrogens is 3.